The molecular weight excluding hydrogens is 638 g/mol. The normalized spacial score (nSPS) is 32.8. The Bertz CT molecular complexity index is 1200. The van der Waals surface area contributed by atoms with Crippen LogP contribution in [0.2, 0.25) is 0 Å². The van der Waals surface area contributed by atoms with Gasteiger partial charge in [0.1, 0.15) is 11.7 Å². The van der Waals surface area contributed by atoms with E-state index in [-0.39, 0.29) is 43.8 Å². The van der Waals surface area contributed by atoms with Crippen LogP contribution in [0.3, 0.4) is 0 Å². The highest BCUT2D eigenvalue weighted by atomic mass is 16.6. The summed E-state index contributed by atoms with van der Waals surface area (Å²) in [6.07, 6.45) is 14.5. The topological polar surface area (TPSA) is 129 Å². The Hall–Kier alpha value is -2.89. The summed E-state index contributed by atoms with van der Waals surface area (Å²) in [7, 11) is 0. The summed E-state index contributed by atoms with van der Waals surface area (Å²) in [5, 5.41) is 22.2. The van der Waals surface area contributed by atoms with Crippen molar-refractivity contribution in [1.82, 2.24) is 14.7 Å². The van der Waals surface area contributed by atoms with Gasteiger partial charge in [0.05, 0.1) is 19.1 Å². The molecule has 0 radical (unpaired) electrons. The number of ether oxygens (including phenoxy) is 3. The number of likely N-dealkylation sites (tertiary alicyclic amines) is 1. The molecule has 3 aliphatic heterocycles. The summed E-state index contributed by atoms with van der Waals surface area (Å²) in [5.74, 6) is -0.385. The molecule has 0 aromatic heterocycles. The van der Waals surface area contributed by atoms with Crippen molar-refractivity contribution in [2.24, 2.45) is 17.8 Å². The molecule has 7 atom stereocenters. The van der Waals surface area contributed by atoms with Crippen LogP contribution in [0.15, 0.2) is 36.0 Å². The van der Waals surface area contributed by atoms with Crippen LogP contribution in [0.1, 0.15) is 98.8 Å². The predicted molar refractivity (Wildman–Crippen MR) is 192 cm³/mol. The molecule has 2 saturated heterocycles. The molecule has 0 unspecified atom stereocenters. The van der Waals surface area contributed by atoms with E-state index in [0.717, 1.165) is 38.2 Å². The zero-order chi connectivity index (χ0) is 36.3. The van der Waals surface area contributed by atoms with Crippen LogP contribution in [0.4, 0.5) is 9.59 Å². The van der Waals surface area contributed by atoms with Crippen molar-refractivity contribution in [2.45, 2.75) is 129 Å². The maximum atomic E-state index is 13.4. The molecule has 0 spiro atoms. The number of aliphatic hydroxyl groups is 2. The number of rotatable bonds is 7. The lowest BCUT2D eigenvalue weighted by atomic mass is 9.89. The molecule has 0 aromatic rings. The molecule has 3 heterocycles. The molecule has 0 aromatic carbocycles. The van der Waals surface area contributed by atoms with E-state index in [4.69, 9.17) is 14.2 Å². The highest BCUT2D eigenvalue weighted by molar-refractivity contribution is 5.70. The Morgan fingerprint density at radius 1 is 1.00 bits per heavy atom. The van der Waals surface area contributed by atoms with E-state index in [0.29, 0.717) is 25.0 Å². The summed E-state index contributed by atoms with van der Waals surface area (Å²) in [4.78, 5) is 44.7. The monoisotopic (exact) mass is 701 g/mol. The van der Waals surface area contributed by atoms with Crippen molar-refractivity contribution in [3.8, 4) is 0 Å². The lowest BCUT2D eigenvalue weighted by molar-refractivity contribution is -0.151. The first-order valence-corrected chi connectivity index (χ1v) is 19.1. The number of aliphatic hydroxyl groups excluding tert-OH is 1. The first-order valence-electron chi connectivity index (χ1n) is 19.1. The van der Waals surface area contributed by atoms with Crippen LogP contribution in [0, 0.1) is 17.8 Å². The van der Waals surface area contributed by atoms with Gasteiger partial charge in [0.2, 0.25) is 0 Å². The van der Waals surface area contributed by atoms with Gasteiger partial charge in [0, 0.05) is 57.1 Å². The van der Waals surface area contributed by atoms with Gasteiger partial charge in [0.25, 0.3) is 0 Å². The van der Waals surface area contributed by atoms with Gasteiger partial charge in [-0.15, -0.1) is 0 Å². The van der Waals surface area contributed by atoms with Gasteiger partial charge in [0.15, 0.2) is 6.10 Å². The maximum absolute atomic E-state index is 13.4. The number of amides is 2. The lowest BCUT2D eigenvalue weighted by Gasteiger charge is -2.40. The number of nitrogens with zero attached hydrogens (tertiary/aromatic N) is 3. The highest BCUT2D eigenvalue weighted by Crippen LogP contribution is 2.28. The third kappa shape index (κ3) is 12.1. The number of piperazine rings is 1. The van der Waals surface area contributed by atoms with Crippen molar-refractivity contribution in [3.05, 3.63) is 36.0 Å². The summed E-state index contributed by atoms with van der Waals surface area (Å²) in [5.41, 5.74) is -0.686. The van der Waals surface area contributed by atoms with Gasteiger partial charge in [-0.25, -0.2) is 9.59 Å². The second-order valence-electron chi connectivity index (χ2n) is 15.6. The fourth-order valence-electron chi connectivity index (χ4n) is 7.47. The molecule has 2 N–H and O–H groups in total. The van der Waals surface area contributed by atoms with E-state index in [1.807, 2.05) is 45.1 Å². The number of allylic oxidation sites excluding steroid dienone is 2. The number of hydrogen-bond donors (Lipinski definition) is 2. The molecule has 4 rings (SSSR count). The van der Waals surface area contributed by atoms with Crippen molar-refractivity contribution < 1.29 is 38.8 Å². The molecule has 3 fully saturated rings. The summed E-state index contributed by atoms with van der Waals surface area (Å²) >= 11 is 0. The fourth-order valence-corrected chi connectivity index (χ4v) is 7.47. The number of esters is 1. The van der Waals surface area contributed by atoms with Gasteiger partial charge < -0.3 is 34.2 Å². The van der Waals surface area contributed by atoms with Gasteiger partial charge >= 0.3 is 18.2 Å². The molecule has 11 nitrogen and oxygen atoms in total. The SMILES string of the molecule is C/C(=C\C=C\[C@@H](C)COC(=O)N1CC[C@H](C)C1)[C@H]1OC(=O)C[C@H](O)CC[C@@](C)(O)[C@@H](OC(=O)N2CCN(C3CCCCCC3)CC2)/C=C/[C@@H]1C. The largest absolute Gasteiger partial charge is 0.457 e. The van der Waals surface area contributed by atoms with Crippen LogP contribution in [-0.4, -0.2) is 119 Å². The molecule has 1 saturated carbocycles. The van der Waals surface area contributed by atoms with E-state index in [9.17, 15) is 24.6 Å². The summed E-state index contributed by atoms with van der Waals surface area (Å²) < 4.78 is 17.4. The van der Waals surface area contributed by atoms with Crippen LogP contribution in [0.25, 0.3) is 0 Å². The van der Waals surface area contributed by atoms with E-state index in [2.05, 4.69) is 11.8 Å². The second-order valence-corrected chi connectivity index (χ2v) is 15.6. The molecule has 0 bridgehead atoms. The Morgan fingerprint density at radius 3 is 2.36 bits per heavy atom. The van der Waals surface area contributed by atoms with E-state index in [1.54, 1.807) is 22.8 Å². The van der Waals surface area contributed by atoms with E-state index in [1.165, 1.54) is 38.5 Å². The minimum atomic E-state index is -1.46. The van der Waals surface area contributed by atoms with Crippen molar-refractivity contribution in [2.75, 3.05) is 45.9 Å². The van der Waals surface area contributed by atoms with Crippen molar-refractivity contribution in [1.29, 1.82) is 0 Å². The zero-order valence-corrected chi connectivity index (χ0v) is 31.1. The van der Waals surface area contributed by atoms with E-state index < -0.39 is 36.0 Å². The molecular formula is C39H63N3O8. The van der Waals surface area contributed by atoms with Gasteiger partial charge in [-0.3, -0.25) is 9.69 Å². The Morgan fingerprint density at radius 2 is 1.70 bits per heavy atom. The molecule has 1 aliphatic carbocycles. The average molecular weight is 702 g/mol. The minimum Gasteiger partial charge on any atom is -0.457 e. The van der Waals surface area contributed by atoms with E-state index >= 15 is 0 Å². The Kier molecular flexibility index (Phi) is 15.2. The smallest absolute Gasteiger partial charge is 0.410 e. The summed E-state index contributed by atoms with van der Waals surface area (Å²) in [6, 6.07) is 0.588. The molecule has 4 aliphatic rings. The Labute approximate surface area is 299 Å². The quantitative estimate of drug-likeness (QED) is 0.110. The number of carbonyl (C=O) groups is 3. The second kappa shape index (κ2) is 19.1. The first kappa shape index (κ1) is 39.9. The number of carbonyl (C=O) groups excluding carboxylic acids is 3. The lowest BCUT2D eigenvalue weighted by Crippen LogP contribution is -2.53. The molecule has 11 heteroatoms. The van der Waals surface area contributed by atoms with Crippen LogP contribution < -0.4 is 0 Å². The van der Waals surface area contributed by atoms with Crippen LogP contribution >= 0.6 is 0 Å². The first-order chi connectivity index (χ1) is 23.8. The third-order valence-electron chi connectivity index (χ3n) is 10.9. The molecule has 50 heavy (non-hydrogen) atoms. The average Bonchev–Trinajstić information content (AvgIpc) is 3.34. The molecule has 282 valence electrons. The molecule has 2 amide bonds. The third-order valence-corrected chi connectivity index (χ3v) is 10.9. The van der Waals surface area contributed by atoms with Crippen LogP contribution in [-0.2, 0) is 19.0 Å². The van der Waals surface area contributed by atoms with Gasteiger partial charge in [-0.1, -0.05) is 70.8 Å². The number of cyclic esters (lactones) is 1. The maximum Gasteiger partial charge on any atom is 0.410 e. The fraction of sp³-hybridized carbons (Fsp3) is 0.769. The van der Waals surface area contributed by atoms with Gasteiger partial charge in [-0.2, -0.15) is 0 Å². The zero-order valence-electron chi connectivity index (χ0n) is 31.1. The standard InChI is InChI=1S/C39H63N3O8/c1-28-18-20-42(26-28)37(45)48-27-29(2)11-10-12-30(3)36-31(4)15-16-34(39(5,47)19-17-33(43)25-35(44)50-36)49-38(46)41-23-21-40(22-24-41)32-13-8-6-7-9-14-32/h10-12,15-16,28-29,31-34,36,43,47H,6-9,13-14,17-27H2,1-5H3/b11-10+,16-15+,30-12+/t28-,29+,31-,33+,34-,36+,39+/m0/s1. The highest BCUT2D eigenvalue weighted by Gasteiger charge is 2.37. The summed E-state index contributed by atoms with van der Waals surface area (Å²) in [6.45, 7) is 14.0. The van der Waals surface area contributed by atoms with Crippen molar-refractivity contribution >= 4 is 18.2 Å². The van der Waals surface area contributed by atoms with Crippen molar-refractivity contribution in [3.63, 3.8) is 0 Å². The Balaban J connectivity index is 1.39. The van der Waals surface area contributed by atoms with Gasteiger partial charge in [-0.05, 0) is 63.5 Å². The predicted octanol–water partition coefficient (Wildman–Crippen LogP) is 5.85. The number of hydrogen-bond acceptors (Lipinski definition) is 9. The van der Waals surface area contributed by atoms with Crippen LogP contribution in [0.5, 0.6) is 0 Å². The minimum absolute atomic E-state index is 0.0215.